The first-order chi connectivity index (χ1) is 7.31. The molecule has 0 aromatic carbocycles. The number of carbonyl (C=O) groups excluding carboxylic acids is 1. The van der Waals surface area contributed by atoms with Crippen LogP contribution in [0.25, 0.3) is 0 Å². The van der Waals surface area contributed by atoms with Crippen LogP contribution in [0.15, 0.2) is 16.5 Å². The molecule has 1 unspecified atom stereocenters. The molecule has 1 atom stereocenters. The molecule has 0 aliphatic carbocycles. The minimum absolute atomic E-state index is 0.0365. The molecule has 4 heteroatoms. The van der Waals surface area contributed by atoms with Crippen molar-refractivity contribution in [3.63, 3.8) is 0 Å². The van der Waals surface area contributed by atoms with Crippen molar-refractivity contribution in [1.82, 2.24) is 0 Å². The molecular formula is C11H15NO3. The van der Waals surface area contributed by atoms with Gasteiger partial charge in [0.2, 0.25) is 5.78 Å². The summed E-state index contributed by atoms with van der Waals surface area (Å²) in [5.74, 6) is 1.05. The van der Waals surface area contributed by atoms with Gasteiger partial charge in [-0.15, -0.1) is 0 Å². The smallest absolute Gasteiger partial charge is 0.203 e. The summed E-state index contributed by atoms with van der Waals surface area (Å²) in [7, 11) is 0. The van der Waals surface area contributed by atoms with Crippen molar-refractivity contribution < 1.29 is 13.9 Å². The summed E-state index contributed by atoms with van der Waals surface area (Å²) < 4.78 is 10.6. The average Bonchev–Trinajstić information content (AvgIpc) is 2.78. The van der Waals surface area contributed by atoms with Crippen LogP contribution < -0.4 is 5.73 Å². The molecule has 2 N–H and O–H groups in total. The Bertz CT molecular complexity index is 339. The SMILES string of the molecule is NCc1ccc(C(=O)C2CCCOC2)o1. The van der Waals surface area contributed by atoms with Crippen molar-refractivity contribution in [2.45, 2.75) is 19.4 Å². The molecule has 1 aromatic heterocycles. The number of nitrogens with two attached hydrogens (primary N) is 1. The number of ether oxygens (including phenoxy) is 1. The Labute approximate surface area is 88.4 Å². The van der Waals surface area contributed by atoms with Crippen LogP contribution in [-0.4, -0.2) is 19.0 Å². The van der Waals surface area contributed by atoms with E-state index in [1.165, 1.54) is 0 Å². The fourth-order valence-electron chi connectivity index (χ4n) is 1.77. The maximum Gasteiger partial charge on any atom is 0.203 e. The molecule has 0 bridgehead atoms. The lowest BCUT2D eigenvalue weighted by molar-refractivity contribution is 0.0442. The number of carbonyl (C=O) groups is 1. The Morgan fingerprint density at radius 2 is 2.40 bits per heavy atom. The second-order valence-corrected chi connectivity index (χ2v) is 3.75. The fraction of sp³-hybridized carbons (Fsp3) is 0.545. The minimum Gasteiger partial charge on any atom is -0.457 e. The van der Waals surface area contributed by atoms with Gasteiger partial charge in [-0.25, -0.2) is 0 Å². The van der Waals surface area contributed by atoms with E-state index >= 15 is 0 Å². The summed E-state index contributed by atoms with van der Waals surface area (Å²) in [6.07, 6.45) is 1.83. The Balaban J connectivity index is 2.05. The van der Waals surface area contributed by atoms with Gasteiger partial charge in [-0.05, 0) is 25.0 Å². The number of hydrogen-bond donors (Lipinski definition) is 1. The summed E-state index contributed by atoms with van der Waals surface area (Å²) >= 11 is 0. The molecule has 0 saturated carbocycles. The molecule has 15 heavy (non-hydrogen) atoms. The third kappa shape index (κ3) is 2.27. The van der Waals surface area contributed by atoms with Gasteiger partial charge in [0, 0.05) is 12.5 Å². The summed E-state index contributed by atoms with van der Waals surface area (Å²) in [6.45, 7) is 1.60. The van der Waals surface area contributed by atoms with Gasteiger partial charge in [-0.2, -0.15) is 0 Å². The van der Waals surface area contributed by atoms with Gasteiger partial charge in [0.25, 0.3) is 0 Å². The molecule has 1 aliphatic rings. The van der Waals surface area contributed by atoms with Crippen molar-refractivity contribution in [2.24, 2.45) is 11.7 Å². The van der Waals surface area contributed by atoms with Crippen LogP contribution in [-0.2, 0) is 11.3 Å². The molecule has 1 aromatic rings. The van der Waals surface area contributed by atoms with E-state index in [1.807, 2.05) is 0 Å². The number of furan rings is 1. The van der Waals surface area contributed by atoms with Crippen LogP contribution in [0.3, 0.4) is 0 Å². The van der Waals surface area contributed by atoms with Crippen molar-refractivity contribution in [3.05, 3.63) is 23.7 Å². The van der Waals surface area contributed by atoms with Gasteiger partial charge >= 0.3 is 0 Å². The van der Waals surface area contributed by atoms with Crippen molar-refractivity contribution >= 4 is 5.78 Å². The summed E-state index contributed by atoms with van der Waals surface area (Å²) in [4.78, 5) is 11.9. The summed E-state index contributed by atoms with van der Waals surface area (Å²) in [5, 5.41) is 0. The summed E-state index contributed by atoms with van der Waals surface area (Å²) in [5.41, 5.74) is 5.41. The van der Waals surface area contributed by atoms with Gasteiger partial charge in [0.05, 0.1) is 13.2 Å². The minimum atomic E-state index is -0.0458. The molecule has 1 saturated heterocycles. The lowest BCUT2D eigenvalue weighted by atomic mass is 9.96. The quantitative estimate of drug-likeness (QED) is 0.763. The first kappa shape index (κ1) is 10.4. The highest BCUT2D eigenvalue weighted by Crippen LogP contribution is 2.20. The molecule has 2 heterocycles. The monoisotopic (exact) mass is 209 g/mol. The van der Waals surface area contributed by atoms with E-state index < -0.39 is 0 Å². The molecule has 0 amide bonds. The first-order valence-corrected chi connectivity index (χ1v) is 5.22. The van der Waals surface area contributed by atoms with E-state index in [1.54, 1.807) is 12.1 Å². The van der Waals surface area contributed by atoms with Crippen LogP contribution in [0.4, 0.5) is 0 Å². The average molecular weight is 209 g/mol. The van der Waals surface area contributed by atoms with Crippen molar-refractivity contribution in [1.29, 1.82) is 0 Å². The van der Waals surface area contributed by atoms with E-state index in [2.05, 4.69) is 0 Å². The maximum atomic E-state index is 11.9. The highest BCUT2D eigenvalue weighted by atomic mass is 16.5. The highest BCUT2D eigenvalue weighted by molar-refractivity contribution is 5.95. The van der Waals surface area contributed by atoms with Crippen LogP contribution in [0.5, 0.6) is 0 Å². The third-order valence-corrected chi connectivity index (χ3v) is 2.64. The van der Waals surface area contributed by atoms with Gasteiger partial charge in [-0.3, -0.25) is 4.79 Å². The second-order valence-electron chi connectivity index (χ2n) is 3.75. The fourth-order valence-corrected chi connectivity index (χ4v) is 1.77. The number of hydrogen-bond acceptors (Lipinski definition) is 4. The summed E-state index contributed by atoms with van der Waals surface area (Å²) in [6, 6.07) is 3.44. The maximum absolute atomic E-state index is 11.9. The molecule has 1 aliphatic heterocycles. The van der Waals surface area contributed by atoms with E-state index in [4.69, 9.17) is 14.9 Å². The van der Waals surface area contributed by atoms with Crippen LogP contribution in [0.1, 0.15) is 29.2 Å². The Morgan fingerprint density at radius 3 is 3.00 bits per heavy atom. The molecule has 0 spiro atoms. The predicted molar refractivity (Wildman–Crippen MR) is 54.5 cm³/mol. The lowest BCUT2D eigenvalue weighted by Gasteiger charge is -2.19. The zero-order valence-corrected chi connectivity index (χ0v) is 8.57. The van der Waals surface area contributed by atoms with Gasteiger partial charge in [0.1, 0.15) is 5.76 Å². The first-order valence-electron chi connectivity index (χ1n) is 5.22. The Kier molecular flexibility index (Phi) is 3.18. The molecular weight excluding hydrogens is 194 g/mol. The van der Waals surface area contributed by atoms with Crippen LogP contribution >= 0.6 is 0 Å². The van der Waals surface area contributed by atoms with Crippen molar-refractivity contribution in [3.8, 4) is 0 Å². The highest BCUT2D eigenvalue weighted by Gasteiger charge is 2.25. The standard InChI is InChI=1S/C11H15NO3/c12-6-9-3-4-10(15-9)11(13)8-2-1-5-14-7-8/h3-4,8H,1-2,5-7,12H2. The third-order valence-electron chi connectivity index (χ3n) is 2.64. The lowest BCUT2D eigenvalue weighted by Crippen LogP contribution is -2.25. The van der Waals surface area contributed by atoms with E-state index in [9.17, 15) is 4.79 Å². The second kappa shape index (κ2) is 4.59. The molecule has 4 nitrogen and oxygen atoms in total. The van der Waals surface area contributed by atoms with Gasteiger partial charge in [-0.1, -0.05) is 0 Å². The Morgan fingerprint density at radius 1 is 1.53 bits per heavy atom. The number of ketones is 1. The van der Waals surface area contributed by atoms with Crippen molar-refractivity contribution in [2.75, 3.05) is 13.2 Å². The zero-order valence-electron chi connectivity index (χ0n) is 8.57. The van der Waals surface area contributed by atoms with Gasteiger partial charge in [0.15, 0.2) is 5.76 Å². The largest absolute Gasteiger partial charge is 0.457 e. The molecule has 2 rings (SSSR count). The molecule has 1 fully saturated rings. The van der Waals surface area contributed by atoms with E-state index in [-0.39, 0.29) is 11.7 Å². The zero-order chi connectivity index (χ0) is 10.7. The van der Waals surface area contributed by atoms with E-state index in [0.717, 1.165) is 19.4 Å². The predicted octanol–water partition coefficient (Wildman–Crippen LogP) is 1.35. The van der Waals surface area contributed by atoms with Gasteiger partial charge < -0.3 is 14.9 Å². The van der Waals surface area contributed by atoms with Crippen LogP contribution in [0, 0.1) is 5.92 Å². The van der Waals surface area contributed by atoms with Crippen LogP contribution in [0.2, 0.25) is 0 Å². The molecule has 0 radical (unpaired) electrons. The Hall–Kier alpha value is -1.13. The number of rotatable bonds is 3. The topological polar surface area (TPSA) is 65.5 Å². The van der Waals surface area contributed by atoms with E-state index in [0.29, 0.717) is 24.7 Å². The normalized spacial score (nSPS) is 21.5. The number of Topliss-reactive ketones (excluding diaryl/α,β-unsaturated/α-hetero) is 1. The molecule has 82 valence electrons.